The fourth-order valence-electron chi connectivity index (χ4n) is 1.88. The zero-order chi connectivity index (χ0) is 16.8. The van der Waals surface area contributed by atoms with E-state index >= 15 is 0 Å². The van der Waals surface area contributed by atoms with Gasteiger partial charge >= 0.3 is 6.09 Å². The molecule has 0 saturated heterocycles. The monoisotopic (exact) mass is 303 g/mol. The summed E-state index contributed by atoms with van der Waals surface area (Å²) < 4.78 is 5.19. The Morgan fingerprint density at radius 2 is 1.91 bits per heavy atom. The van der Waals surface area contributed by atoms with Gasteiger partial charge in [0, 0.05) is 12.3 Å². The van der Waals surface area contributed by atoms with Gasteiger partial charge in [-0.25, -0.2) is 4.79 Å². The number of rotatable bonds is 4. The van der Waals surface area contributed by atoms with E-state index in [0.29, 0.717) is 6.42 Å². The molecule has 120 valence electrons. The van der Waals surface area contributed by atoms with Crippen molar-refractivity contribution in [3.8, 4) is 0 Å². The lowest BCUT2D eigenvalue weighted by Gasteiger charge is -2.18. The van der Waals surface area contributed by atoms with E-state index in [0.717, 1.165) is 12.0 Å². The Bertz CT molecular complexity index is 543. The Kier molecular flexibility index (Phi) is 6.47. The molecular weight excluding hydrogens is 278 g/mol. The van der Waals surface area contributed by atoms with Crippen LogP contribution in [0.15, 0.2) is 40.9 Å². The summed E-state index contributed by atoms with van der Waals surface area (Å²) in [5.74, 6) is -0.331. The van der Waals surface area contributed by atoms with Gasteiger partial charge in [0.1, 0.15) is 5.60 Å². The lowest BCUT2D eigenvalue weighted by atomic mass is 9.97. The van der Waals surface area contributed by atoms with Crippen LogP contribution < -0.4 is 0 Å². The maximum absolute atomic E-state index is 12.3. The summed E-state index contributed by atoms with van der Waals surface area (Å²) in [6.45, 7) is 8.91. The molecule has 0 radical (unpaired) electrons. The van der Waals surface area contributed by atoms with Crippen molar-refractivity contribution in [3.63, 3.8) is 0 Å². The molecule has 0 spiro atoms. The highest BCUT2D eigenvalue weighted by molar-refractivity contribution is 6.42. The number of ketones is 1. The first kappa shape index (κ1) is 18.1. The van der Waals surface area contributed by atoms with Crippen LogP contribution in [0, 0.1) is 5.92 Å². The fourth-order valence-corrected chi connectivity index (χ4v) is 1.88. The lowest BCUT2D eigenvalue weighted by molar-refractivity contribution is -0.115. The minimum absolute atomic E-state index is 0.121. The van der Waals surface area contributed by atoms with Gasteiger partial charge in [0.05, 0.1) is 5.71 Å². The first-order valence-corrected chi connectivity index (χ1v) is 7.55. The zero-order valence-corrected chi connectivity index (χ0v) is 14.1. The van der Waals surface area contributed by atoms with Gasteiger partial charge in [-0.2, -0.15) is 4.99 Å². The molecule has 1 amide bonds. The molecule has 0 bridgehead atoms. The number of ether oxygens (including phenoxy) is 1. The fraction of sp³-hybridized carbons (Fsp3) is 0.500. The van der Waals surface area contributed by atoms with Crippen molar-refractivity contribution in [2.75, 3.05) is 0 Å². The van der Waals surface area contributed by atoms with E-state index in [9.17, 15) is 9.59 Å². The minimum Gasteiger partial charge on any atom is -0.442 e. The van der Waals surface area contributed by atoms with Gasteiger partial charge in [0.25, 0.3) is 0 Å². The third-order valence-electron chi connectivity index (χ3n) is 2.89. The third-order valence-corrected chi connectivity index (χ3v) is 2.89. The van der Waals surface area contributed by atoms with Crippen molar-refractivity contribution in [1.29, 1.82) is 0 Å². The smallest absolute Gasteiger partial charge is 0.434 e. The van der Waals surface area contributed by atoms with Crippen LogP contribution in [0.1, 0.15) is 47.5 Å². The van der Waals surface area contributed by atoms with Crippen molar-refractivity contribution in [2.45, 2.75) is 53.1 Å². The van der Waals surface area contributed by atoms with Gasteiger partial charge in [-0.15, -0.1) is 0 Å². The summed E-state index contributed by atoms with van der Waals surface area (Å²) in [7, 11) is 0. The summed E-state index contributed by atoms with van der Waals surface area (Å²) in [5.41, 5.74) is 0.681. The summed E-state index contributed by atoms with van der Waals surface area (Å²) in [5, 5.41) is 0. The Balaban J connectivity index is 2.96. The first-order chi connectivity index (χ1) is 10.2. The summed E-state index contributed by atoms with van der Waals surface area (Å²) in [4.78, 5) is 28.1. The number of aliphatic imine (C=N–C) groups is 1. The van der Waals surface area contributed by atoms with Crippen LogP contribution in [0.2, 0.25) is 0 Å². The molecule has 0 aliphatic heterocycles. The molecule has 0 unspecified atom stereocenters. The Morgan fingerprint density at radius 1 is 1.23 bits per heavy atom. The molecule has 0 atom stereocenters. The maximum atomic E-state index is 12.3. The molecule has 0 saturated carbocycles. The zero-order valence-electron chi connectivity index (χ0n) is 14.1. The van der Waals surface area contributed by atoms with Crippen LogP contribution in [0.4, 0.5) is 4.79 Å². The van der Waals surface area contributed by atoms with E-state index in [1.54, 1.807) is 34.6 Å². The largest absolute Gasteiger partial charge is 0.442 e. The van der Waals surface area contributed by atoms with E-state index in [1.165, 1.54) is 0 Å². The van der Waals surface area contributed by atoms with Gasteiger partial charge in [-0.3, -0.25) is 4.79 Å². The molecular formula is C18H25NO3. The van der Waals surface area contributed by atoms with E-state index in [1.807, 2.05) is 30.4 Å². The van der Waals surface area contributed by atoms with E-state index in [4.69, 9.17) is 4.74 Å². The standard InChI is InChI=1S/C18H25NO3/c1-13(2)16(20)15(19-17(21)22-18(3,4)5)12-14-10-8-6-7-9-11-14/h6-10,13H,11-12H2,1-5H3. The average Bonchev–Trinajstić information content (AvgIpc) is 2.63. The molecule has 1 rings (SSSR count). The molecule has 0 aromatic rings. The summed E-state index contributed by atoms with van der Waals surface area (Å²) in [6, 6.07) is 0. The van der Waals surface area contributed by atoms with Gasteiger partial charge in [0.2, 0.25) is 0 Å². The maximum Gasteiger partial charge on any atom is 0.434 e. The van der Waals surface area contributed by atoms with Crippen molar-refractivity contribution in [2.24, 2.45) is 10.9 Å². The predicted molar refractivity (Wildman–Crippen MR) is 89.1 cm³/mol. The predicted octanol–water partition coefficient (Wildman–Crippen LogP) is 4.42. The second-order valence-corrected chi connectivity index (χ2v) is 6.58. The number of hydrogen-bond acceptors (Lipinski definition) is 3. The molecule has 0 heterocycles. The Labute approximate surface area is 132 Å². The van der Waals surface area contributed by atoms with Gasteiger partial charge in [0.15, 0.2) is 5.78 Å². The van der Waals surface area contributed by atoms with Gasteiger partial charge in [-0.05, 0) is 27.2 Å². The van der Waals surface area contributed by atoms with Gasteiger partial charge in [-0.1, -0.05) is 49.8 Å². The van der Waals surface area contributed by atoms with E-state index in [2.05, 4.69) is 4.99 Å². The number of carbonyl (C=O) groups is 2. The molecule has 0 aromatic carbocycles. The average molecular weight is 303 g/mol. The highest BCUT2D eigenvalue weighted by atomic mass is 16.6. The minimum atomic E-state index is -0.711. The Hall–Kier alpha value is -1.97. The van der Waals surface area contributed by atoms with Crippen LogP contribution in [-0.4, -0.2) is 23.2 Å². The highest BCUT2D eigenvalue weighted by Gasteiger charge is 2.21. The number of Topliss-reactive ketones (excluding diaryl/α,β-unsaturated/α-hetero) is 1. The lowest BCUT2D eigenvalue weighted by Crippen LogP contribution is -2.26. The molecule has 1 aliphatic rings. The van der Waals surface area contributed by atoms with Crippen molar-refractivity contribution < 1.29 is 14.3 Å². The number of nitrogens with zero attached hydrogens (tertiary/aromatic N) is 1. The molecule has 1 aliphatic carbocycles. The number of carbonyl (C=O) groups excluding carboxylic acids is 2. The second-order valence-electron chi connectivity index (χ2n) is 6.58. The molecule has 0 fully saturated rings. The first-order valence-electron chi connectivity index (χ1n) is 7.55. The SMILES string of the molecule is CC(C)C(=O)C(CC1=CC=CC=CC1)=NC(=O)OC(C)(C)C. The topological polar surface area (TPSA) is 55.7 Å². The second kappa shape index (κ2) is 7.87. The van der Waals surface area contributed by atoms with E-state index < -0.39 is 11.7 Å². The van der Waals surface area contributed by atoms with Gasteiger partial charge < -0.3 is 4.74 Å². The quantitative estimate of drug-likeness (QED) is 0.722. The summed E-state index contributed by atoms with van der Waals surface area (Å²) in [6.07, 6.45) is 10.2. The third kappa shape index (κ3) is 6.66. The molecule has 22 heavy (non-hydrogen) atoms. The molecule has 4 nitrogen and oxygen atoms in total. The van der Waals surface area contributed by atoms with Crippen LogP contribution in [0.5, 0.6) is 0 Å². The van der Waals surface area contributed by atoms with Crippen molar-refractivity contribution in [1.82, 2.24) is 0 Å². The molecule has 4 heteroatoms. The number of allylic oxidation sites excluding steroid dienone is 6. The molecule has 0 N–H and O–H groups in total. The van der Waals surface area contributed by atoms with Crippen LogP contribution in [0.3, 0.4) is 0 Å². The van der Waals surface area contributed by atoms with Crippen LogP contribution >= 0.6 is 0 Å². The summed E-state index contributed by atoms with van der Waals surface area (Å²) >= 11 is 0. The normalized spacial score (nSPS) is 15.5. The van der Waals surface area contributed by atoms with Crippen molar-refractivity contribution in [3.05, 3.63) is 36.0 Å². The van der Waals surface area contributed by atoms with E-state index in [-0.39, 0.29) is 17.4 Å². The molecule has 0 aromatic heterocycles. The van der Waals surface area contributed by atoms with Crippen molar-refractivity contribution >= 4 is 17.6 Å². The number of hydrogen-bond donors (Lipinski definition) is 0. The highest BCUT2D eigenvalue weighted by Crippen LogP contribution is 2.16. The number of amides is 1. The van der Waals surface area contributed by atoms with Crippen LogP contribution in [-0.2, 0) is 9.53 Å². The Morgan fingerprint density at radius 3 is 2.50 bits per heavy atom. The van der Waals surface area contributed by atoms with Crippen LogP contribution in [0.25, 0.3) is 0 Å².